The van der Waals surface area contributed by atoms with Gasteiger partial charge >= 0.3 is 5.97 Å². The number of hydrogen-bond donors (Lipinski definition) is 2. The van der Waals surface area contributed by atoms with Crippen LogP contribution in [0.4, 0.5) is 0 Å². The fourth-order valence-corrected chi connectivity index (χ4v) is 3.40. The molecule has 132 valence electrons. The van der Waals surface area contributed by atoms with E-state index >= 15 is 0 Å². The van der Waals surface area contributed by atoms with E-state index in [1.54, 1.807) is 6.92 Å². The van der Waals surface area contributed by atoms with Crippen molar-refractivity contribution in [3.63, 3.8) is 0 Å². The Balaban J connectivity index is 2.18. The molecular weight excluding hydrogens is 344 g/mol. The van der Waals surface area contributed by atoms with Crippen LogP contribution in [0.25, 0.3) is 0 Å². The standard InChI is InChI=1S/C17H18N2O5S/c1-12(13-6-3-2-4-7-13)19-25(22,23)15-9-5-8-14(10-15)17(21)24-11-16(18)20/h2-10,12,19H,11H2,1H3,(H2,18,20)/t12-/m0/s1. The minimum Gasteiger partial charge on any atom is -0.452 e. The van der Waals surface area contributed by atoms with Crippen LogP contribution in [0.2, 0.25) is 0 Å². The summed E-state index contributed by atoms with van der Waals surface area (Å²) in [7, 11) is -3.84. The molecule has 0 aliphatic rings. The van der Waals surface area contributed by atoms with E-state index in [2.05, 4.69) is 9.46 Å². The number of primary amides is 1. The third kappa shape index (κ3) is 5.13. The van der Waals surface area contributed by atoms with Crippen molar-refractivity contribution >= 4 is 21.9 Å². The molecule has 8 heteroatoms. The van der Waals surface area contributed by atoms with E-state index < -0.39 is 34.5 Å². The van der Waals surface area contributed by atoms with Crippen molar-refractivity contribution in [2.45, 2.75) is 17.9 Å². The Morgan fingerprint density at radius 3 is 2.44 bits per heavy atom. The summed E-state index contributed by atoms with van der Waals surface area (Å²) in [6.45, 7) is 1.15. The van der Waals surface area contributed by atoms with Crippen LogP contribution in [0.5, 0.6) is 0 Å². The van der Waals surface area contributed by atoms with Gasteiger partial charge in [0.15, 0.2) is 6.61 Å². The zero-order valence-corrected chi connectivity index (χ0v) is 14.3. The second-order valence-corrected chi connectivity index (χ2v) is 7.04. The van der Waals surface area contributed by atoms with Gasteiger partial charge in [-0.15, -0.1) is 0 Å². The molecule has 1 atom stereocenters. The molecule has 25 heavy (non-hydrogen) atoms. The van der Waals surface area contributed by atoms with Crippen molar-refractivity contribution in [2.24, 2.45) is 5.73 Å². The highest BCUT2D eigenvalue weighted by Crippen LogP contribution is 2.18. The number of ether oxygens (including phenoxy) is 1. The van der Waals surface area contributed by atoms with Gasteiger partial charge in [-0.3, -0.25) is 4.79 Å². The van der Waals surface area contributed by atoms with Crippen LogP contribution in [0.15, 0.2) is 59.5 Å². The normalized spacial score (nSPS) is 12.4. The summed E-state index contributed by atoms with van der Waals surface area (Å²) in [5, 5.41) is 0. The molecule has 0 fully saturated rings. The highest BCUT2D eigenvalue weighted by molar-refractivity contribution is 7.89. The first-order chi connectivity index (χ1) is 11.8. The Bertz CT molecular complexity index is 866. The van der Waals surface area contributed by atoms with Crippen molar-refractivity contribution < 1.29 is 22.7 Å². The monoisotopic (exact) mass is 362 g/mol. The summed E-state index contributed by atoms with van der Waals surface area (Å²) >= 11 is 0. The number of nitrogens with one attached hydrogen (secondary N) is 1. The Morgan fingerprint density at radius 2 is 1.80 bits per heavy atom. The molecule has 0 aliphatic carbocycles. The predicted molar refractivity (Wildman–Crippen MR) is 91.1 cm³/mol. The topological polar surface area (TPSA) is 116 Å². The van der Waals surface area contributed by atoms with E-state index in [9.17, 15) is 18.0 Å². The number of sulfonamides is 1. The summed E-state index contributed by atoms with van der Waals surface area (Å²) < 4.78 is 32.3. The van der Waals surface area contributed by atoms with Crippen molar-refractivity contribution in [1.29, 1.82) is 0 Å². The smallest absolute Gasteiger partial charge is 0.338 e. The summed E-state index contributed by atoms with van der Waals surface area (Å²) in [5.41, 5.74) is 5.73. The number of benzene rings is 2. The maximum atomic E-state index is 12.5. The van der Waals surface area contributed by atoms with Gasteiger partial charge in [0.2, 0.25) is 10.0 Å². The van der Waals surface area contributed by atoms with Crippen LogP contribution in [0.1, 0.15) is 28.9 Å². The van der Waals surface area contributed by atoms with Crippen molar-refractivity contribution in [3.05, 3.63) is 65.7 Å². The molecule has 0 radical (unpaired) electrons. The Hall–Kier alpha value is -2.71. The lowest BCUT2D eigenvalue weighted by molar-refractivity contribution is -0.121. The molecule has 0 heterocycles. The number of nitrogens with two attached hydrogens (primary N) is 1. The quantitative estimate of drug-likeness (QED) is 0.722. The van der Waals surface area contributed by atoms with Crippen LogP contribution in [0, 0.1) is 0 Å². The molecule has 0 unspecified atom stereocenters. The Morgan fingerprint density at radius 1 is 1.12 bits per heavy atom. The highest BCUT2D eigenvalue weighted by Gasteiger charge is 2.20. The van der Waals surface area contributed by atoms with Gasteiger partial charge in [0.1, 0.15) is 0 Å². The van der Waals surface area contributed by atoms with Crippen molar-refractivity contribution in [2.75, 3.05) is 6.61 Å². The molecule has 1 amide bonds. The summed E-state index contributed by atoms with van der Waals surface area (Å²) in [6.07, 6.45) is 0. The van der Waals surface area contributed by atoms with E-state index in [0.717, 1.165) is 5.56 Å². The molecule has 2 aromatic rings. The lowest BCUT2D eigenvalue weighted by Crippen LogP contribution is -2.27. The van der Waals surface area contributed by atoms with Crippen LogP contribution < -0.4 is 10.5 Å². The molecule has 7 nitrogen and oxygen atoms in total. The third-order valence-electron chi connectivity index (χ3n) is 3.36. The van der Waals surface area contributed by atoms with Gasteiger partial charge in [0.25, 0.3) is 5.91 Å². The second-order valence-electron chi connectivity index (χ2n) is 5.32. The average molecular weight is 362 g/mol. The van der Waals surface area contributed by atoms with Crippen molar-refractivity contribution in [3.8, 4) is 0 Å². The summed E-state index contributed by atoms with van der Waals surface area (Å²) in [5.74, 6) is -1.62. The van der Waals surface area contributed by atoms with E-state index in [0.29, 0.717) is 0 Å². The first-order valence-electron chi connectivity index (χ1n) is 7.42. The lowest BCUT2D eigenvalue weighted by atomic mass is 10.1. The number of rotatable bonds is 7. The number of amides is 1. The molecule has 0 bridgehead atoms. The van der Waals surface area contributed by atoms with Gasteiger partial charge in [0, 0.05) is 6.04 Å². The number of carbonyl (C=O) groups excluding carboxylic acids is 2. The third-order valence-corrected chi connectivity index (χ3v) is 4.90. The van der Waals surface area contributed by atoms with E-state index in [1.807, 2.05) is 30.3 Å². The highest BCUT2D eigenvalue weighted by atomic mass is 32.2. The van der Waals surface area contributed by atoms with Crippen LogP contribution in [-0.2, 0) is 19.6 Å². The molecular formula is C17H18N2O5S. The Labute approximate surface area is 145 Å². The van der Waals surface area contributed by atoms with E-state index in [4.69, 9.17) is 5.73 Å². The predicted octanol–water partition coefficient (Wildman–Crippen LogP) is 1.37. The largest absolute Gasteiger partial charge is 0.452 e. The average Bonchev–Trinajstić information content (AvgIpc) is 2.60. The van der Waals surface area contributed by atoms with Crippen LogP contribution in [-0.4, -0.2) is 26.9 Å². The second kappa shape index (κ2) is 7.91. The molecule has 0 aromatic heterocycles. The first kappa shape index (κ1) is 18.6. The van der Waals surface area contributed by atoms with Gasteiger partial charge in [-0.25, -0.2) is 17.9 Å². The minimum absolute atomic E-state index is 0.0106. The number of hydrogen-bond acceptors (Lipinski definition) is 5. The lowest BCUT2D eigenvalue weighted by Gasteiger charge is -2.15. The maximum Gasteiger partial charge on any atom is 0.338 e. The molecule has 0 spiro atoms. The van der Waals surface area contributed by atoms with Crippen LogP contribution in [0.3, 0.4) is 0 Å². The number of carbonyl (C=O) groups is 2. The summed E-state index contributed by atoms with van der Waals surface area (Å²) in [4.78, 5) is 22.4. The maximum absolute atomic E-state index is 12.5. The molecule has 0 saturated carbocycles. The minimum atomic E-state index is -3.84. The zero-order valence-electron chi connectivity index (χ0n) is 13.5. The van der Waals surface area contributed by atoms with E-state index in [-0.39, 0.29) is 10.5 Å². The molecule has 2 aromatic carbocycles. The van der Waals surface area contributed by atoms with Gasteiger partial charge in [0.05, 0.1) is 10.5 Å². The van der Waals surface area contributed by atoms with Crippen LogP contribution >= 0.6 is 0 Å². The Kier molecular flexibility index (Phi) is 5.89. The number of esters is 1. The van der Waals surface area contributed by atoms with Gasteiger partial charge < -0.3 is 10.5 Å². The SMILES string of the molecule is C[C@H](NS(=O)(=O)c1cccc(C(=O)OCC(N)=O)c1)c1ccccc1. The van der Waals surface area contributed by atoms with Gasteiger partial charge in [-0.2, -0.15) is 0 Å². The van der Waals surface area contributed by atoms with Gasteiger partial charge in [-0.1, -0.05) is 36.4 Å². The fourth-order valence-electron chi connectivity index (χ4n) is 2.12. The fraction of sp³-hybridized carbons (Fsp3) is 0.176. The molecule has 0 saturated heterocycles. The first-order valence-corrected chi connectivity index (χ1v) is 8.90. The zero-order chi connectivity index (χ0) is 18.4. The van der Waals surface area contributed by atoms with Gasteiger partial charge in [-0.05, 0) is 30.7 Å². The molecule has 3 N–H and O–H groups in total. The summed E-state index contributed by atoms with van der Waals surface area (Å²) in [6, 6.07) is 14.0. The molecule has 2 rings (SSSR count). The van der Waals surface area contributed by atoms with Crippen molar-refractivity contribution in [1.82, 2.24) is 4.72 Å². The molecule has 0 aliphatic heterocycles. The van der Waals surface area contributed by atoms with E-state index in [1.165, 1.54) is 24.3 Å².